The van der Waals surface area contributed by atoms with E-state index in [9.17, 15) is 0 Å². The van der Waals surface area contributed by atoms with Gasteiger partial charge in [-0.15, -0.1) is 11.8 Å². The maximum Gasteiger partial charge on any atom is 0.149 e. The Morgan fingerprint density at radius 2 is 1.02 bits per heavy atom. The molecule has 0 aromatic rings. The molecule has 0 amide bonds. The van der Waals surface area contributed by atoms with Crippen LogP contribution >= 0.6 is 70.4 Å². The van der Waals surface area contributed by atoms with Gasteiger partial charge in [0.05, 0.1) is 44.6 Å². The van der Waals surface area contributed by atoms with E-state index >= 15 is 0 Å². The second kappa shape index (κ2) is 50.5. The van der Waals surface area contributed by atoms with Gasteiger partial charge in [0, 0.05) is 142 Å². The predicted molar refractivity (Wildman–Crippen MR) is 387 cm³/mol. The van der Waals surface area contributed by atoms with Gasteiger partial charge < -0.3 is 48.8 Å². The number of likely N-dealkylation sites (tertiary alicyclic amines) is 2. The van der Waals surface area contributed by atoms with Crippen molar-refractivity contribution < 1.29 is 4.74 Å². The summed E-state index contributed by atoms with van der Waals surface area (Å²) in [5, 5.41) is 25.7. The third-order valence-corrected chi connectivity index (χ3v) is 17.9. The number of hydrazone groups is 3. The average molecular weight is 1290 g/mol. The Kier molecular flexibility index (Phi) is 47.3. The Bertz CT molecular complexity index is 2050. The van der Waals surface area contributed by atoms with E-state index in [1.54, 1.807) is 87.0 Å². The summed E-state index contributed by atoms with van der Waals surface area (Å²) in [6, 6.07) is 0. The van der Waals surface area contributed by atoms with Crippen molar-refractivity contribution in [3.8, 4) is 0 Å². The van der Waals surface area contributed by atoms with Crippen molar-refractivity contribution in [1.29, 1.82) is 0 Å². The van der Waals surface area contributed by atoms with E-state index < -0.39 is 0 Å². The largest absolute Gasteiger partial charge is 0.379 e. The fraction of sp³-hybridized carbons (Fsp3) is 0.613. The third-order valence-electron chi connectivity index (χ3n) is 13.5. The molecule has 0 N–H and O–H groups in total. The van der Waals surface area contributed by atoms with E-state index in [2.05, 4.69) is 167 Å². The molecule has 0 aliphatic carbocycles. The molecule has 0 spiro atoms. The molecule has 5 fully saturated rings. The zero-order valence-corrected chi connectivity index (χ0v) is 59.3. The van der Waals surface area contributed by atoms with Gasteiger partial charge >= 0.3 is 0 Å². The van der Waals surface area contributed by atoms with Gasteiger partial charge in [0.1, 0.15) is 11.0 Å². The topological polar surface area (TPSA) is 97.5 Å². The number of hydrogen-bond donors (Lipinski definition) is 0. The Morgan fingerprint density at radius 1 is 0.518 bits per heavy atom. The number of allylic oxidation sites excluding steroid dienone is 3. The Labute approximate surface area is 544 Å². The first-order valence-corrected chi connectivity index (χ1v) is 34.8. The first kappa shape index (κ1) is 79.7. The van der Waals surface area contributed by atoms with Crippen LogP contribution in [0.25, 0.3) is 0 Å². The number of hydrogen-bond acceptors (Lipinski definition) is 22. The molecule has 11 rings (SSSR count). The van der Waals surface area contributed by atoms with E-state index in [4.69, 9.17) is 16.3 Å². The second-order valence-corrected chi connectivity index (χ2v) is 26.7. The summed E-state index contributed by atoms with van der Waals surface area (Å²) >= 11 is 14.2. The highest BCUT2D eigenvalue weighted by Crippen LogP contribution is 2.27. The molecule has 85 heavy (non-hydrogen) atoms. The number of aliphatic imine (C=N–C) groups is 1. The standard InChI is InChI=1S/C7H11NS.C7H15N.C6H7ClN2.C6H14N2.C6H8N2.C6H13N.C5H8N2S.C5H11NO.C5H7NS.C5H11NS.C4H6N2S/c1-3-4-8-5-6-9-7(8)2;1-8-6-4-2-3-5-7-8;1-5-3-4-6(7)8-9(5)2;1-7-3-5-8(2)6-4-7;1-6-7-4-3-5-8(6)2;1-7-5-3-2-4-6-7;1-5-7(2)6-3-4-8-5;1-6-2-4-7-5-3-6;1-5-6(2)3-4-7-5;1-6-2-4-7-5-3-6;1-4-6(2)5-3-7-4/h5-6H,2-4H2,1H3;2-7H2,1H3;3-4H,1H2,2H3;3-6H2,1-2H3;3-5H,1H2,2H3;2-6H2,1H3;3H,1,4H2,2H3;2-5H2,1H3;3-4H,1H2,2H3;2-5H2,1H3;3H,1H2,2H3. The van der Waals surface area contributed by atoms with Crippen molar-refractivity contribution in [2.24, 2.45) is 20.3 Å². The van der Waals surface area contributed by atoms with Gasteiger partial charge in [0.15, 0.2) is 0 Å². The van der Waals surface area contributed by atoms with Crippen LogP contribution in [0.5, 0.6) is 0 Å². The second-order valence-electron chi connectivity index (χ2n) is 21.1. The van der Waals surface area contributed by atoms with Crippen molar-refractivity contribution in [2.45, 2.75) is 58.3 Å². The normalized spacial score (nSPS) is 21.5. The van der Waals surface area contributed by atoms with Crippen molar-refractivity contribution in [2.75, 3.05) is 193 Å². The molecule has 23 heteroatoms. The monoisotopic (exact) mass is 1290 g/mol. The molecule has 0 atom stereocenters. The van der Waals surface area contributed by atoms with Crippen molar-refractivity contribution in [3.05, 3.63) is 119 Å². The lowest BCUT2D eigenvalue weighted by molar-refractivity contribution is 0.0503. The van der Waals surface area contributed by atoms with Crippen LogP contribution in [0.1, 0.15) is 58.3 Å². The highest BCUT2D eigenvalue weighted by molar-refractivity contribution is 8.15. The molecule has 0 radical (unpaired) electrons. The van der Waals surface area contributed by atoms with Crippen molar-refractivity contribution in [3.63, 3.8) is 0 Å². The number of ether oxygens (including phenoxy) is 1. The molecule has 0 aromatic heterocycles. The number of thioether (sulfide) groups is 5. The molecule has 11 heterocycles. The van der Waals surface area contributed by atoms with E-state index in [-0.39, 0.29) is 0 Å². The van der Waals surface area contributed by atoms with Crippen LogP contribution in [0.3, 0.4) is 0 Å². The number of rotatable bonds is 2. The number of piperazine rings is 1. The fourth-order valence-corrected chi connectivity index (χ4v) is 11.0. The van der Waals surface area contributed by atoms with Crippen LogP contribution in [0.4, 0.5) is 0 Å². The fourth-order valence-electron chi connectivity index (χ4n) is 7.37. The highest BCUT2D eigenvalue weighted by Gasteiger charge is 2.10. The quantitative estimate of drug-likeness (QED) is 0.262. The summed E-state index contributed by atoms with van der Waals surface area (Å²) in [4.78, 5) is 24.1. The van der Waals surface area contributed by atoms with Gasteiger partial charge in [-0.25, -0.2) is 4.99 Å². The minimum atomic E-state index is 0.491. The minimum Gasteiger partial charge on any atom is -0.379 e. The lowest BCUT2D eigenvalue weighted by Gasteiger charge is -2.28. The first-order chi connectivity index (χ1) is 40.6. The van der Waals surface area contributed by atoms with Crippen molar-refractivity contribution in [1.82, 2.24) is 59.1 Å². The smallest absolute Gasteiger partial charge is 0.149 e. The van der Waals surface area contributed by atoms with Gasteiger partial charge in [-0.3, -0.25) is 15.0 Å². The van der Waals surface area contributed by atoms with Gasteiger partial charge in [-0.05, 0) is 130 Å². The van der Waals surface area contributed by atoms with Crippen LogP contribution in [-0.4, -0.2) is 275 Å². The SMILES string of the molecule is C=C1C=CC(Cl)=NN1C.C=C1N=CC=CN1C.C=C1SC=CN1C.C=C1SC=CN1CCC.C=C1SC=NN1C.C=C1SCC=NN1C.CN1CCCCC1.CN1CCCCCC1.CN1CCN(C)CC1.CN1CCOCC1.CN1CCSCC1. The maximum absolute atomic E-state index is 5.56. The van der Waals surface area contributed by atoms with Crippen LogP contribution in [0.2, 0.25) is 0 Å². The number of nitrogens with zero attached hydrogens (tertiary/aromatic N) is 16. The van der Waals surface area contributed by atoms with Crippen LogP contribution in [0.15, 0.2) is 139 Å². The summed E-state index contributed by atoms with van der Waals surface area (Å²) in [6.45, 7) is 42.6. The lowest BCUT2D eigenvalue weighted by atomic mass is 10.1. The molecule has 482 valence electrons. The molecule has 5 saturated heterocycles. The molecule has 0 saturated carbocycles. The summed E-state index contributed by atoms with van der Waals surface area (Å²) in [6.07, 6.45) is 26.2. The third kappa shape index (κ3) is 43.0. The molecule has 0 bridgehead atoms. The Balaban J connectivity index is 0.000000468. The van der Waals surface area contributed by atoms with E-state index in [0.717, 1.165) is 70.2 Å². The maximum atomic E-state index is 5.56. The predicted octanol–water partition coefficient (Wildman–Crippen LogP) is 11.8. The molecule has 0 unspecified atom stereocenters. The molecule has 0 aromatic carbocycles. The zero-order valence-electron chi connectivity index (χ0n) is 54.5. The molecular weight excluding hydrogens is 1180 g/mol. The Hall–Kier alpha value is -3.36. The average Bonchev–Trinajstić information content (AvgIpc) is 4.20. The molecular formula is C62H111ClN16OS5. The van der Waals surface area contributed by atoms with E-state index in [0.29, 0.717) is 5.17 Å². The Morgan fingerprint density at radius 3 is 1.34 bits per heavy atom. The van der Waals surface area contributed by atoms with Gasteiger partial charge in [0.25, 0.3) is 0 Å². The van der Waals surface area contributed by atoms with Crippen LogP contribution < -0.4 is 0 Å². The minimum absolute atomic E-state index is 0.491. The summed E-state index contributed by atoms with van der Waals surface area (Å²) < 4.78 is 5.10. The highest BCUT2D eigenvalue weighted by atomic mass is 35.5. The van der Waals surface area contributed by atoms with E-state index in [1.165, 1.54) is 128 Å². The lowest BCUT2D eigenvalue weighted by Crippen LogP contribution is -2.42. The molecule has 11 aliphatic heterocycles. The number of halogens is 1. The van der Waals surface area contributed by atoms with Crippen LogP contribution in [0, 0.1) is 0 Å². The number of morpholine rings is 1. The number of likely N-dealkylation sites (N-methyl/N-ethyl adjacent to an activating group) is 4. The molecule has 17 nitrogen and oxygen atoms in total. The van der Waals surface area contributed by atoms with Gasteiger partial charge in [-0.1, -0.05) is 113 Å². The molecule has 11 aliphatic rings. The first-order valence-electron chi connectivity index (χ1n) is 29.6. The van der Waals surface area contributed by atoms with E-state index in [1.807, 2.05) is 74.2 Å². The van der Waals surface area contributed by atoms with Crippen molar-refractivity contribution >= 4 is 93.6 Å². The zero-order chi connectivity index (χ0) is 63.2. The van der Waals surface area contributed by atoms with Crippen LogP contribution in [-0.2, 0) is 4.74 Å². The summed E-state index contributed by atoms with van der Waals surface area (Å²) in [5.74, 6) is 4.41. The van der Waals surface area contributed by atoms with Gasteiger partial charge in [-0.2, -0.15) is 27.1 Å². The van der Waals surface area contributed by atoms with Gasteiger partial charge in [0.2, 0.25) is 0 Å². The summed E-state index contributed by atoms with van der Waals surface area (Å²) in [5.41, 5.74) is 2.61. The summed E-state index contributed by atoms with van der Waals surface area (Å²) in [7, 11) is 22.5. The number of piperidine rings is 1.